The van der Waals surface area contributed by atoms with E-state index < -0.39 is 6.17 Å². The van der Waals surface area contributed by atoms with Crippen molar-refractivity contribution in [2.45, 2.75) is 66.5 Å². The van der Waals surface area contributed by atoms with Crippen molar-refractivity contribution >= 4 is 11.7 Å². The number of amides is 1. The summed E-state index contributed by atoms with van der Waals surface area (Å²) in [4.78, 5) is 12.9. The smallest absolute Gasteiger partial charge is 0.258 e. The Morgan fingerprint density at radius 1 is 1.26 bits per heavy atom. The van der Waals surface area contributed by atoms with Crippen molar-refractivity contribution < 1.29 is 9.18 Å². The van der Waals surface area contributed by atoms with Crippen LogP contribution in [0.4, 0.5) is 4.39 Å². The molecule has 1 saturated heterocycles. The average Bonchev–Trinajstić information content (AvgIpc) is 3.11. The number of amidine groups is 1. The summed E-state index contributed by atoms with van der Waals surface area (Å²) in [5.41, 5.74) is 7.48. The fourth-order valence-corrected chi connectivity index (χ4v) is 4.64. The maximum Gasteiger partial charge on any atom is 0.258 e. The van der Waals surface area contributed by atoms with Crippen molar-refractivity contribution in [3.63, 3.8) is 0 Å². The number of hydrogen-bond donors (Lipinski definition) is 4. The third kappa shape index (κ3) is 5.66. The molecule has 0 aromatic heterocycles. The Morgan fingerprint density at radius 2 is 2.00 bits per heavy atom. The lowest BCUT2D eigenvalue weighted by molar-refractivity contribution is -0.115. The average molecular weight is 465 g/mol. The van der Waals surface area contributed by atoms with E-state index in [-0.39, 0.29) is 24.2 Å². The molecule has 1 fully saturated rings. The van der Waals surface area contributed by atoms with E-state index in [4.69, 9.17) is 5.41 Å². The van der Waals surface area contributed by atoms with Crippen LogP contribution in [0.25, 0.3) is 0 Å². The molecule has 4 N–H and O–H groups in total. The first kappa shape index (κ1) is 25.5. The second kappa shape index (κ2) is 10.9. The highest BCUT2D eigenvalue weighted by Crippen LogP contribution is 2.42. The molecule has 3 unspecified atom stereocenters. The number of allylic oxidation sites excluding steroid dienone is 5. The van der Waals surface area contributed by atoms with E-state index in [0.717, 1.165) is 24.1 Å². The summed E-state index contributed by atoms with van der Waals surface area (Å²) in [6.45, 7) is 11.8. The van der Waals surface area contributed by atoms with Crippen LogP contribution in [0.2, 0.25) is 0 Å². The van der Waals surface area contributed by atoms with Crippen LogP contribution < -0.4 is 16.0 Å². The molecule has 6 heteroatoms. The topological polar surface area (TPSA) is 77.0 Å². The molecule has 1 amide bonds. The number of alkyl halides is 1. The zero-order valence-corrected chi connectivity index (χ0v) is 21.1. The number of hydrogen-bond acceptors (Lipinski definition) is 3. The maximum atomic E-state index is 13.1. The summed E-state index contributed by atoms with van der Waals surface area (Å²) < 4.78 is 13.1. The lowest BCUT2D eigenvalue weighted by Gasteiger charge is -2.28. The second-order valence-electron chi connectivity index (χ2n) is 9.28. The minimum absolute atomic E-state index is 0.137. The molecule has 0 spiro atoms. The monoisotopic (exact) mass is 464 g/mol. The SMILES string of the molecule is CCc1ccc(C)c(C2C=C3C(=CC2CC)NC(=O)/C3=C(/C)NC(=N)/C=C(/C)NCC(C)F)c1. The fourth-order valence-electron chi connectivity index (χ4n) is 4.64. The number of carbonyl (C=O) groups excluding carboxylic acids is 1. The molecule has 1 heterocycles. The van der Waals surface area contributed by atoms with Crippen LogP contribution in [0.15, 0.2) is 64.7 Å². The molecule has 3 rings (SSSR count). The Bertz CT molecular complexity index is 1090. The number of halogens is 1. The van der Waals surface area contributed by atoms with Gasteiger partial charge in [-0.3, -0.25) is 10.2 Å². The molecule has 182 valence electrons. The molecular formula is C28H37FN4O. The van der Waals surface area contributed by atoms with Gasteiger partial charge in [-0.25, -0.2) is 4.39 Å². The molecule has 34 heavy (non-hydrogen) atoms. The van der Waals surface area contributed by atoms with Crippen LogP contribution in [0, 0.1) is 18.3 Å². The molecule has 0 saturated carbocycles. The summed E-state index contributed by atoms with van der Waals surface area (Å²) in [6.07, 6.45) is 6.99. The number of benzene rings is 1. The lowest BCUT2D eigenvalue weighted by atomic mass is 9.76. The first-order chi connectivity index (χ1) is 16.1. The normalized spacial score (nSPS) is 22.3. The number of carbonyl (C=O) groups is 1. The van der Waals surface area contributed by atoms with Crippen LogP contribution in [0.3, 0.4) is 0 Å². The van der Waals surface area contributed by atoms with Crippen LogP contribution >= 0.6 is 0 Å². The van der Waals surface area contributed by atoms with Crippen molar-refractivity contribution in [1.29, 1.82) is 5.41 Å². The largest absolute Gasteiger partial charge is 0.386 e. The number of nitrogens with one attached hydrogen (secondary N) is 4. The number of fused-ring (bicyclic) bond motifs is 1. The van der Waals surface area contributed by atoms with Crippen molar-refractivity contribution in [3.05, 3.63) is 81.4 Å². The van der Waals surface area contributed by atoms with E-state index >= 15 is 0 Å². The molecule has 5 nitrogen and oxygen atoms in total. The third-order valence-corrected chi connectivity index (χ3v) is 6.53. The predicted octanol–water partition coefficient (Wildman–Crippen LogP) is 5.31. The van der Waals surface area contributed by atoms with Crippen molar-refractivity contribution in [2.75, 3.05) is 6.54 Å². The van der Waals surface area contributed by atoms with Gasteiger partial charge in [0.05, 0.1) is 5.57 Å². The van der Waals surface area contributed by atoms with Gasteiger partial charge < -0.3 is 16.0 Å². The molecular weight excluding hydrogens is 427 g/mol. The number of rotatable bonds is 8. The van der Waals surface area contributed by atoms with Gasteiger partial charge in [-0.05, 0) is 69.2 Å². The van der Waals surface area contributed by atoms with Gasteiger partial charge in [0, 0.05) is 35.1 Å². The van der Waals surface area contributed by atoms with Crippen molar-refractivity contribution in [3.8, 4) is 0 Å². The van der Waals surface area contributed by atoms with Gasteiger partial charge in [0.1, 0.15) is 12.0 Å². The molecule has 1 aromatic rings. The fraction of sp³-hybridized carbons (Fsp3) is 0.429. The third-order valence-electron chi connectivity index (χ3n) is 6.53. The zero-order valence-electron chi connectivity index (χ0n) is 21.1. The van der Waals surface area contributed by atoms with Gasteiger partial charge in [0.2, 0.25) is 0 Å². The van der Waals surface area contributed by atoms with Gasteiger partial charge in [-0.1, -0.05) is 44.2 Å². The van der Waals surface area contributed by atoms with E-state index in [1.807, 2.05) is 6.92 Å². The van der Waals surface area contributed by atoms with Crippen molar-refractivity contribution in [2.24, 2.45) is 5.92 Å². The van der Waals surface area contributed by atoms with Gasteiger partial charge in [0.25, 0.3) is 5.91 Å². The van der Waals surface area contributed by atoms with E-state index in [1.165, 1.54) is 23.6 Å². The van der Waals surface area contributed by atoms with Crippen molar-refractivity contribution in [1.82, 2.24) is 16.0 Å². The predicted molar refractivity (Wildman–Crippen MR) is 137 cm³/mol. The molecule has 1 aliphatic heterocycles. The van der Waals surface area contributed by atoms with Crippen LogP contribution in [0.1, 0.15) is 63.6 Å². The summed E-state index contributed by atoms with van der Waals surface area (Å²) in [5.74, 6) is 0.456. The van der Waals surface area contributed by atoms with Gasteiger partial charge >= 0.3 is 0 Å². The van der Waals surface area contributed by atoms with E-state index in [0.29, 0.717) is 22.9 Å². The highest BCUT2D eigenvalue weighted by atomic mass is 19.1. The van der Waals surface area contributed by atoms with Gasteiger partial charge in [0.15, 0.2) is 0 Å². The Labute approximate surface area is 202 Å². The Kier molecular flexibility index (Phi) is 8.13. The minimum Gasteiger partial charge on any atom is -0.386 e. The van der Waals surface area contributed by atoms with E-state index in [1.54, 1.807) is 13.0 Å². The Morgan fingerprint density at radius 3 is 2.65 bits per heavy atom. The zero-order chi connectivity index (χ0) is 25.0. The molecule has 2 aliphatic rings. The quantitative estimate of drug-likeness (QED) is 0.239. The van der Waals surface area contributed by atoms with Crippen LogP contribution in [-0.2, 0) is 11.2 Å². The van der Waals surface area contributed by atoms with E-state index in [9.17, 15) is 9.18 Å². The highest BCUT2D eigenvalue weighted by molar-refractivity contribution is 6.06. The molecule has 1 aromatic carbocycles. The molecule has 0 bridgehead atoms. The second-order valence-corrected chi connectivity index (χ2v) is 9.28. The van der Waals surface area contributed by atoms with Crippen LogP contribution in [-0.4, -0.2) is 24.5 Å². The minimum atomic E-state index is -0.971. The summed E-state index contributed by atoms with van der Waals surface area (Å²) in [5, 5.41) is 17.3. The lowest BCUT2D eigenvalue weighted by Crippen LogP contribution is -2.25. The standard InChI is InChI=1S/C28H37FN4O/c1-7-20-10-9-16(3)22(12-20)23-14-24-25(13-21(23)8-2)33-28(34)27(24)19(6)32-26(30)11-18(5)31-15-17(4)29/h9-14,17,21,23,31H,7-8,15H2,1-6H3,(H2,30,32)(H,33,34)/b18-11-,27-19-. The number of aryl methyl sites for hydroxylation is 2. The van der Waals surface area contributed by atoms with Gasteiger partial charge in [-0.2, -0.15) is 0 Å². The Balaban J connectivity index is 1.94. The Hall–Kier alpha value is -3.15. The molecule has 1 aliphatic carbocycles. The summed E-state index contributed by atoms with van der Waals surface area (Å²) >= 11 is 0. The summed E-state index contributed by atoms with van der Waals surface area (Å²) in [7, 11) is 0. The van der Waals surface area contributed by atoms with Crippen LogP contribution in [0.5, 0.6) is 0 Å². The summed E-state index contributed by atoms with van der Waals surface area (Å²) in [6, 6.07) is 6.67. The first-order valence-corrected chi connectivity index (χ1v) is 12.1. The maximum absolute atomic E-state index is 13.1. The highest BCUT2D eigenvalue weighted by Gasteiger charge is 2.35. The first-order valence-electron chi connectivity index (χ1n) is 12.1. The van der Waals surface area contributed by atoms with Gasteiger partial charge in [-0.15, -0.1) is 0 Å². The molecule has 3 atom stereocenters. The molecule has 0 radical (unpaired) electrons. The van der Waals surface area contributed by atoms with E-state index in [2.05, 4.69) is 67.1 Å².